The van der Waals surface area contributed by atoms with Gasteiger partial charge in [-0.15, -0.1) is 0 Å². The second kappa shape index (κ2) is 10.2. The Hall–Kier alpha value is -4.42. The lowest BCUT2D eigenvalue weighted by Gasteiger charge is -2.35. The van der Waals surface area contributed by atoms with E-state index in [9.17, 15) is 14.6 Å². The van der Waals surface area contributed by atoms with E-state index in [4.69, 9.17) is 0 Å². The molecule has 1 aliphatic rings. The van der Waals surface area contributed by atoms with Crippen LogP contribution in [0.1, 0.15) is 31.9 Å². The maximum Gasteiger partial charge on any atom is 0.225 e. The lowest BCUT2D eigenvalue weighted by atomic mass is 9.90. The van der Waals surface area contributed by atoms with Crippen LogP contribution in [0.2, 0.25) is 0 Å². The molecule has 1 saturated heterocycles. The first-order valence-electron chi connectivity index (χ1n) is 13.5. The van der Waals surface area contributed by atoms with Gasteiger partial charge in [0, 0.05) is 55.9 Å². The molecule has 1 aromatic carbocycles. The standard InChI is InChI=1S/C29H32FN9O2/c1-28(2,17-40)39-16-19(13-35-39)24-12-23-25(36-24)33-18-34-26(23)37-8-10-38(11-9-37)27-31-14-21(15-32-27)29(3,41)20-4-6-22(30)7-5-20/h4-7,12-16,18,40-41H,8-11,17H2,1-3H3,(H,33,34,36). The summed E-state index contributed by atoms with van der Waals surface area (Å²) in [6.45, 7) is 8.30. The molecule has 4 aromatic heterocycles. The molecule has 5 aromatic rings. The number of rotatable bonds is 7. The van der Waals surface area contributed by atoms with Crippen LogP contribution in [0.25, 0.3) is 22.3 Å². The van der Waals surface area contributed by atoms with Crippen LogP contribution in [-0.4, -0.2) is 77.7 Å². The van der Waals surface area contributed by atoms with Crippen molar-refractivity contribution in [2.75, 3.05) is 42.6 Å². The van der Waals surface area contributed by atoms with Gasteiger partial charge in [0.1, 0.15) is 29.2 Å². The molecular formula is C29H32FN9O2. The summed E-state index contributed by atoms with van der Waals surface area (Å²) in [4.78, 5) is 25.8. The predicted molar refractivity (Wildman–Crippen MR) is 153 cm³/mol. The van der Waals surface area contributed by atoms with Gasteiger partial charge < -0.3 is 25.0 Å². The highest BCUT2D eigenvalue weighted by Crippen LogP contribution is 2.31. The lowest BCUT2D eigenvalue weighted by molar-refractivity contribution is 0.101. The third-order valence-corrected chi connectivity index (χ3v) is 7.77. The SMILES string of the molecule is CC(O)(c1ccc(F)cc1)c1cnc(N2CCN(c3ncnc4[nH]c(-c5cnn(C(C)(C)CO)c5)cc34)CC2)nc1. The van der Waals surface area contributed by atoms with Gasteiger partial charge in [-0.25, -0.2) is 24.3 Å². The number of fused-ring (bicyclic) bond motifs is 1. The molecule has 12 heteroatoms. The summed E-state index contributed by atoms with van der Waals surface area (Å²) in [6, 6.07) is 7.81. The van der Waals surface area contributed by atoms with Crippen molar-refractivity contribution in [1.29, 1.82) is 0 Å². The van der Waals surface area contributed by atoms with Gasteiger partial charge in [0.2, 0.25) is 5.95 Å². The van der Waals surface area contributed by atoms with E-state index < -0.39 is 11.1 Å². The van der Waals surface area contributed by atoms with Crippen molar-refractivity contribution in [3.05, 3.63) is 78.4 Å². The third-order valence-electron chi connectivity index (χ3n) is 7.77. The Morgan fingerprint density at radius 1 is 0.902 bits per heavy atom. The fourth-order valence-electron chi connectivity index (χ4n) is 4.99. The molecule has 212 valence electrons. The molecule has 6 rings (SSSR count). The van der Waals surface area contributed by atoms with E-state index in [0.29, 0.717) is 43.3 Å². The van der Waals surface area contributed by atoms with E-state index in [-0.39, 0.29) is 12.4 Å². The normalized spacial score (nSPS) is 15.9. The number of anilines is 2. The second-order valence-corrected chi connectivity index (χ2v) is 11.1. The first-order valence-corrected chi connectivity index (χ1v) is 13.5. The predicted octanol–water partition coefficient (Wildman–Crippen LogP) is 3.06. The number of benzene rings is 1. The van der Waals surface area contributed by atoms with Gasteiger partial charge in [0.05, 0.1) is 29.4 Å². The monoisotopic (exact) mass is 557 g/mol. The molecule has 0 bridgehead atoms. The minimum Gasteiger partial charge on any atom is -0.394 e. The van der Waals surface area contributed by atoms with Crippen LogP contribution in [0.3, 0.4) is 0 Å². The maximum absolute atomic E-state index is 13.3. The molecule has 1 aliphatic heterocycles. The fourth-order valence-corrected chi connectivity index (χ4v) is 4.99. The average molecular weight is 558 g/mol. The highest BCUT2D eigenvalue weighted by molar-refractivity contribution is 5.91. The van der Waals surface area contributed by atoms with Crippen LogP contribution in [0, 0.1) is 5.82 Å². The van der Waals surface area contributed by atoms with Gasteiger partial charge in [-0.1, -0.05) is 12.1 Å². The van der Waals surface area contributed by atoms with E-state index in [1.54, 1.807) is 48.7 Å². The number of nitrogens with zero attached hydrogens (tertiary/aromatic N) is 8. The van der Waals surface area contributed by atoms with Crippen molar-refractivity contribution in [2.24, 2.45) is 0 Å². The number of aromatic nitrogens is 7. The van der Waals surface area contributed by atoms with Crippen molar-refractivity contribution >= 4 is 22.8 Å². The number of piperazine rings is 1. The first kappa shape index (κ1) is 26.8. The Morgan fingerprint density at radius 2 is 1.59 bits per heavy atom. The number of halogens is 1. The van der Waals surface area contributed by atoms with E-state index in [2.05, 4.69) is 39.8 Å². The van der Waals surface area contributed by atoms with Gasteiger partial charge in [-0.05, 0) is 44.5 Å². The Balaban J connectivity index is 1.16. The minimum absolute atomic E-state index is 0.0194. The molecule has 0 radical (unpaired) electrons. The van der Waals surface area contributed by atoms with E-state index >= 15 is 0 Å². The molecule has 1 unspecified atom stereocenters. The highest BCUT2D eigenvalue weighted by Gasteiger charge is 2.28. The van der Waals surface area contributed by atoms with Crippen molar-refractivity contribution in [1.82, 2.24) is 34.7 Å². The van der Waals surface area contributed by atoms with Gasteiger partial charge >= 0.3 is 0 Å². The Labute approximate surface area is 236 Å². The number of hydrogen-bond donors (Lipinski definition) is 3. The van der Waals surface area contributed by atoms with Crippen LogP contribution >= 0.6 is 0 Å². The fraction of sp³-hybridized carbons (Fsp3) is 0.345. The summed E-state index contributed by atoms with van der Waals surface area (Å²) in [5.74, 6) is 1.08. The third kappa shape index (κ3) is 5.00. The van der Waals surface area contributed by atoms with Crippen molar-refractivity contribution in [3.63, 3.8) is 0 Å². The molecule has 1 fully saturated rings. The van der Waals surface area contributed by atoms with Crippen LogP contribution in [0.15, 0.2) is 61.4 Å². The number of aliphatic hydroxyl groups is 2. The summed E-state index contributed by atoms with van der Waals surface area (Å²) in [5.41, 5.74) is 1.78. The number of aliphatic hydroxyl groups excluding tert-OH is 1. The smallest absolute Gasteiger partial charge is 0.225 e. The molecule has 3 N–H and O–H groups in total. The summed E-state index contributed by atoms with van der Waals surface area (Å²) < 4.78 is 15.1. The van der Waals surface area contributed by atoms with Gasteiger partial charge in [0.25, 0.3) is 0 Å². The quantitative estimate of drug-likeness (QED) is 0.276. The summed E-state index contributed by atoms with van der Waals surface area (Å²) in [7, 11) is 0. The Kier molecular flexibility index (Phi) is 6.66. The Bertz CT molecular complexity index is 1650. The number of nitrogens with one attached hydrogen (secondary N) is 1. The largest absolute Gasteiger partial charge is 0.394 e. The van der Waals surface area contributed by atoms with Gasteiger partial charge in [-0.3, -0.25) is 4.68 Å². The minimum atomic E-state index is -1.34. The Morgan fingerprint density at radius 3 is 2.27 bits per heavy atom. The molecule has 1 atom stereocenters. The summed E-state index contributed by atoms with van der Waals surface area (Å²) >= 11 is 0. The lowest BCUT2D eigenvalue weighted by Crippen LogP contribution is -2.47. The zero-order valence-corrected chi connectivity index (χ0v) is 23.2. The van der Waals surface area contributed by atoms with Crippen LogP contribution < -0.4 is 9.80 Å². The molecule has 0 spiro atoms. The van der Waals surface area contributed by atoms with Gasteiger partial charge in [-0.2, -0.15) is 5.10 Å². The summed E-state index contributed by atoms with van der Waals surface area (Å²) in [6.07, 6.45) is 8.50. The summed E-state index contributed by atoms with van der Waals surface area (Å²) in [5, 5.41) is 26.1. The zero-order chi connectivity index (χ0) is 28.8. The molecule has 11 nitrogen and oxygen atoms in total. The zero-order valence-electron chi connectivity index (χ0n) is 23.2. The number of H-pyrrole nitrogens is 1. The highest BCUT2D eigenvalue weighted by atomic mass is 19.1. The molecular weight excluding hydrogens is 525 g/mol. The van der Waals surface area contributed by atoms with Crippen LogP contribution in [0.5, 0.6) is 0 Å². The first-order chi connectivity index (χ1) is 19.7. The van der Waals surface area contributed by atoms with E-state index in [1.807, 2.05) is 26.1 Å². The maximum atomic E-state index is 13.3. The molecule has 5 heterocycles. The van der Waals surface area contributed by atoms with Crippen LogP contribution in [-0.2, 0) is 11.1 Å². The average Bonchev–Trinajstić information content (AvgIpc) is 3.66. The van der Waals surface area contributed by atoms with E-state index in [0.717, 1.165) is 28.1 Å². The number of hydrogen-bond acceptors (Lipinski definition) is 9. The van der Waals surface area contributed by atoms with Crippen molar-refractivity contribution in [3.8, 4) is 11.3 Å². The molecule has 0 saturated carbocycles. The molecule has 41 heavy (non-hydrogen) atoms. The molecule has 0 amide bonds. The topological polar surface area (TPSA) is 132 Å². The molecule has 0 aliphatic carbocycles. The second-order valence-electron chi connectivity index (χ2n) is 11.1. The van der Waals surface area contributed by atoms with E-state index in [1.165, 1.54) is 12.1 Å². The van der Waals surface area contributed by atoms with Crippen LogP contribution in [0.4, 0.5) is 16.2 Å². The van der Waals surface area contributed by atoms with Crippen molar-refractivity contribution < 1.29 is 14.6 Å². The number of aromatic amines is 1. The van der Waals surface area contributed by atoms with Crippen molar-refractivity contribution in [2.45, 2.75) is 31.9 Å². The van der Waals surface area contributed by atoms with Gasteiger partial charge in [0.15, 0.2) is 0 Å².